The molecule has 5 nitrogen and oxygen atoms in total. The van der Waals surface area contributed by atoms with Crippen LogP contribution in [0.2, 0.25) is 5.02 Å². The van der Waals surface area contributed by atoms with Crippen LogP contribution in [-0.4, -0.2) is 48.8 Å². The zero-order valence-corrected chi connectivity index (χ0v) is 18.2. The van der Waals surface area contributed by atoms with Crippen LogP contribution in [0.3, 0.4) is 0 Å². The van der Waals surface area contributed by atoms with E-state index < -0.39 is 11.9 Å². The predicted octanol–water partition coefficient (Wildman–Crippen LogP) is 3.35. The van der Waals surface area contributed by atoms with Gasteiger partial charge in [-0.15, -0.1) is 0 Å². The number of hydrogen-bond acceptors (Lipinski definition) is 3. The van der Waals surface area contributed by atoms with Gasteiger partial charge in [-0.2, -0.15) is 0 Å². The summed E-state index contributed by atoms with van der Waals surface area (Å²) in [4.78, 5) is 28.8. The Morgan fingerprint density at radius 2 is 2.10 bits per heavy atom. The van der Waals surface area contributed by atoms with Gasteiger partial charge in [-0.1, -0.05) is 35.9 Å². The molecule has 2 aromatic rings. The number of nitrogens with two attached hydrogens (primary N) is 1. The number of carbonyl (C=O) groups is 2. The van der Waals surface area contributed by atoms with Crippen LogP contribution in [0, 0.1) is 6.07 Å². The molecule has 2 aliphatic rings. The lowest BCUT2D eigenvalue weighted by atomic mass is 9.90. The Hall–Kier alpha value is -2.37. The quantitative estimate of drug-likeness (QED) is 0.706. The Labute approximate surface area is 182 Å². The number of benzene rings is 2. The lowest BCUT2D eigenvalue weighted by Gasteiger charge is -2.23. The van der Waals surface area contributed by atoms with E-state index in [-0.39, 0.29) is 5.91 Å². The van der Waals surface area contributed by atoms with E-state index in [1.54, 1.807) is 17.0 Å². The Morgan fingerprint density at radius 3 is 2.77 bits per heavy atom. The number of halogens is 1. The van der Waals surface area contributed by atoms with Gasteiger partial charge in [0.15, 0.2) is 0 Å². The van der Waals surface area contributed by atoms with Gasteiger partial charge in [0, 0.05) is 22.7 Å². The van der Waals surface area contributed by atoms with Gasteiger partial charge in [-0.25, -0.2) is 0 Å². The van der Waals surface area contributed by atoms with Crippen molar-refractivity contribution in [2.24, 2.45) is 5.73 Å². The molecule has 0 saturated heterocycles. The topological polar surface area (TPSA) is 66.6 Å². The van der Waals surface area contributed by atoms with Crippen LogP contribution < -0.4 is 5.73 Å². The molecule has 6 heteroatoms. The minimum atomic E-state index is -0.789. The van der Waals surface area contributed by atoms with Crippen LogP contribution in [0.4, 0.5) is 0 Å². The second kappa shape index (κ2) is 8.05. The lowest BCUT2D eigenvalue weighted by Crippen LogP contribution is -2.37. The predicted molar refractivity (Wildman–Crippen MR) is 117 cm³/mol. The third kappa shape index (κ3) is 3.96. The van der Waals surface area contributed by atoms with E-state index in [0.29, 0.717) is 34.5 Å². The summed E-state index contributed by atoms with van der Waals surface area (Å²) >= 11 is 6.03. The fourth-order valence-electron chi connectivity index (χ4n) is 4.42. The average Bonchev–Trinajstić information content (AvgIpc) is 3.45. The summed E-state index contributed by atoms with van der Waals surface area (Å²) in [7, 11) is 4.22. The van der Waals surface area contributed by atoms with Crippen molar-refractivity contribution in [3.05, 3.63) is 69.7 Å². The number of primary amides is 1. The number of amides is 2. The highest BCUT2D eigenvalue weighted by atomic mass is 35.5. The highest BCUT2D eigenvalue weighted by Gasteiger charge is 2.44. The fourth-order valence-corrected chi connectivity index (χ4v) is 4.58. The molecule has 4 rings (SSSR count). The lowest BCUT2D eigenvalue weighted by molar-refractivity contribution is -0.122. The van der Waals surface area contributed by atoms with Crippen molar-refractivity contribution in [3.63, 3.8) is 0 Å². The third-order valence-electron chi connectivity index (χ3n) is 6.36. The molecule has 1 aliphatic heterocycles. The zero-order chi connectivity index (χ0) is 21.5. The van der Waals surface area contributed by atoms with E-state index in [1.165, 1.54) is 18.4 Å². The maximum absolute atomic E-state index is 12.9. The largest absolute Gasteiger partial charge is 0.368 e. The molecule has 0 bridgehead atoms. The van der Waals surface area contributed by atoms with Gasteiger partial charge >= 0.3 is 0 Å². The van der Waals surface area contributed by atoms with Crippen molar-refractivity contribution in [3.8, 4) is 0 Å². The van der Waals surface area contributed by atoms with Crippen molar-refractivity contribution in [1.29, 1.82) is 0 Å². The number of fused-ring (bicyclic) bond motifs is 1. The zero-order valence-electron chi connectivity index (χ0n) is 17.5. The standard InChI is InChI=1S/C24H27ClN3O2/c1-27(2)13-11-24(9-10-24)17-5-3-4-16(14-17)8-12-28-21(22(26)29)19-7-6-18(25)15-20(19)23(28)30/h3-6,14-15,21H,8-13H2,1-2H3,(H2,26,29). The minimum Gasteiger partial charge on any atom is -0.368 e. The molecule has 2 amide bonds. The van der Waals surface area contributed by atoms with E-state index in [2.05, 4.69) is 49.3 Å². The molecule has 1 atom stereocenters. The Morgan fingerprint density at radius 1 is 1.33 bits per heavy atom. The first kappa shape index (κ1) is 20.9. The van der Waals surface area contributed by atoms with Crippen molar-refractivity contribution in [1.82, 2.24) is 9.80 Å². The summed E-state index contributed by atoms with van der Waals surface area (Å²) in [5.74, 6) is -0.761. The van der Waals surface area contributed by atoms with Gasteiger partial charge in [0.25, 0.3) is 5.91 Å². The molecule has 1 unspecified atom stereocenters. The summed E-state index contributed by atoms with van der Waals surface area (Å²) < 4.78 is 0. The maximum atomic E-state index is 12.9. The molecule has 1 fully saturated rings. The first-order valence-corrected chi connectivity index (χ1v) is 10.7. The summed E-state index contributed by atoms with van der Waals surface area (Å²) in [6.45, 7) is 1.49. The van der Waals surface area contributed by atoms with Gasteiger partial charge in [-0.05, 0) is 81.1 Å². The van der Waals surface area contributed by atoms with Crippen molar-refractivity contribution < 1.29 is 9.59 Å². The van der Waals surface area contributed by atoms with Crippen LogP contribution >= 0.6 is 11.6 Å². The maximum Gasteiger partial charge on any atom is 0.255 e. The van der Waals surface area contributed by atoms with Gasteiger partial charge in [0.2, 0.25) is 5.91 Å². The fraction of sp³-hybridized carbons (Fsp3) is 0.417. The number of carbonyl (C=O) groups excluding carboxylic acids is 2. The molecule has 1 aliphatic carbocycles. The summed E-state index contributed by atoms with van der Waals surface area (Å²) in [6.07, 6.45) is 4.27. The minimum absolute atomic E-state index is 0.214. The second-order valence-electron chi connectivity index (χ2n) is 8.73. The Bertz CT molecular complexity index is 984. The van der Waals surface area contributed by atoms with Crippen LogP contribution in [0.25, 0.3) is 0 Å². The molecule has 1 saturated carbocycles. The van der Waals surface area contributed by atoms with Crippen LogP contribution in [0.1, 0.15) is 52.4 Å². The van der Waals surface area contributed by atoms with E-state index in [0.717, 1.165) is 18.5 Å². The monoisotopic (exact) mass is 424 g/mol. The molecule has 1 radical (unpaired) electrons. The number of hydrogen-bond donors (Lipinski definition) is 1. The SMILES string of the molecule is CN(C)CCC1(c2cccc(CCN3C(=O)c4cc(Cl)c[c]c4C3C(N)=O)c2)CC1. The Balaban J connectivity index is 1.50. The van der Waals surface area contributed by atoms with Gasteiger partial charge < -0.3 is 15.5 Å². The average molecular weight is 425 g/mol. The van der Waals surface area contributed by atoms with E-state index in [4.69, 9.17) is 17.3 Å². The van der Waals surface area contributed by atoms with Crippen molar-refractivity contribution >= 4 is 23.4 Å². The molecule has 0 spiro atoms. The molecule has 0 aromatic heterocycles. The molecule has 1 heterocycles. The number of nitrogens with zero attached hydrogens (tertiary/aromatic N) is 2. The Kier molecular flexibility index (Phi) is 5.60. The van der Waals surface area contributed by atoms with Crippen LogP contribution in [0.15, 0.2) is 36.4 Å². The van der Waals surface area contributed by atoms with Crippen molar-refractivity contribution in [2.45, 2.75) is 37.1 Å². The van der Waals surface area contributed by atoms with E-state index >= 15 is 0 Å². The molecular weight excluding hydrogens is 398 g/mol. The first-order valence-electron chi connectivity index (χ1n) is 10.4. The molecule has 157 valence electrons. The molecule has 2 aromatic carbocycles. The van der Waals surface area contributed by atoms with Crippen LogP contribution in [0.5, 0.6) is 0 Å². The van der Waals surface area contributed by atoms with Gasteiger partial charge in [-0.3, -0.25) is 9.59 Å². The van der Waals surface area contributed by atoms with Crippen molar-refractivity contribution in [2.75, 3.05) is 27.2 Å². The first-order chi connectivity index (χ1) is 14.3. The van der Waals surface area contributed by atoms with E-state index in [9.17, 15) is 9.59 Å². The van der Waals surface area contributed by atoms with Gasteiger partial charge in [0.05, 0.1) is 0 Å². The van der Waals surface area contributed by atoms with Crippen LogP contribution in [-0.2, 0) is 16.6 Å². The second-order valence-corrected chi connectivity index (χ2v) is 9.17. The molecular formula is C24H27ClN3O2. The molecule has 2 N–H and O–H groups in total. The highest BCUT2D eigenvalue weighted by Crippen LogP contribution is 2.51. The summed E-state index contributed by atoms with van der Waals surface area (Å²) in [5, 5.41) is 0.423. The van der Waals surface area contributed by atoms with Gasteiger partial charge in [0.1, 0.15) is 6.04 Å². The number of rotatable bonds is 8. The highest BCUT2D eigenvalue weighted by molar-refractivity contribution is 6.31. The smallest absolute Gasteiger partial charge is 0.255 e. The molecule has 30 heavy (non-hydrogen) atoms. The van der Waals surface area contributed by atoms with E-state index in [1.807, 2.05) is 0 Å². The summed E-state index contributed by atoms with van der Waals surface area (Å²) in [5.41, 5.74) is 9.40. The summed E-state index contributed by atoms with van der Waals surface area (Å²) in [6, 6.07) is 14.0. The normalized spacial score (nSPS) is 19.3. The third-order valence-corrected chi connectivity index (χ3v) is 6.57.